The van der Waals surface area contributed by atoms with Gasteiger partial charge >= 0.3 is 0 Å². The maximum Gasteiger partial charge on any atom is 0.190 e. The molecule has 6 unspecified atom stereocenters. The van der Waals surface area contributed by atoms with Crippen LogP contribution in [0.2, 0.25) is 0 Å². The van der Waals surface area contributed by atoms with Gasteiger partial charge in [0.1, 0.15) is 12.2 Å². The van der Waals surface area contributed by atoms with Crippen LogP contribution in [0.1, 0.15) is 46.0 Å². The maximum atomic E-state index is 12.4. The van der Waals surface area contributed by atoms with Gasteiger partial charge in [-0.15, -0.1) is 0 Å². The second kappa shape index (κ2) is 5.49. The Kier molecular flexibility index (Phi) is 3.78. The highest BCUT2D eigenvalue weighted by Crippen LogP contribution is 2.68. The van der Waals surface area contributed by atoms with Gasteiger partial charge in [0.25, 0.3) is 0 Å². The number of aliphatic hydroxyl groups excluding tert-OH is 1. The highest BCUT2D eigenvalue weighted by Gasteiger charge is 2.66. The van der Waals surface area contributed by atoms with Crippen LogP contribution in [0.5, 0.6) is 0 Å². The minimum atomic E-state index is -1.46. The monoisotopic (exact) mass is 356 g/mol. The number of rotatable bonds is 2. The van der Waals surface area contributed by atoms with Gasteiger partial charge in [-0.25, -0.2) is 0 Å². The van der Waals surface area contributed by atoms with Crippen molar-refractivity contribution in [2.45, 2.75) is 51.6 Å². The average Bonchev–Trinajstić information content (AvgIpc) is 2.86. The standard InChI is InChI=1S/C22H28O4/c1-13-11-21(3)17(7-9-22(21,26)18(25)12-23)16-5-4-14-10-15(24)6-8-20(14,2)19(13)16/h6,8,10,16-17,19,23,26H,1,4-5,7,9,11-12H2,2-3H3. The summed E-state index contributed by atoms with van der Waals surface area (Å²) in [4.78, 5) is 24.3. The lowest BCUT2D eigenvalue weighted by molar-refractivity contribution is -0.159. The first-order chi connectivity index (χ1) is 12.2. The molecule has 6 atom stereocenters. The summed E-state index contributed by atoms with van der Waals surface area (Å²) < 4.78 is 0. The summed E-state index contributed by atoms with van der Waals surface area (Å²) >= 11 is 0. The van der Waals surface area contributed by atoms with Crippen molar-refractivity contribution in [2.24, 2.45) is 28.6 Å². The van der Waals surface area contributed by atoms with E-state index in [1.165, 1.54) is 5.57 Å². The van der Waals surface area contributed by atoms with Gasteiger partial charge in [-0.2, -0.15) is 0 Å². The molecule has 0 aromatic carbocycles. The Bertz CT molecular complexity index is 762. The number of hydrogen-bond donors (Lipinski definition) is 2. The quantitative estimate of drug-likeness (QED) is 0.746. The Morgan fingerprint density at radius 2 is 2.08 bits per heavy atom. The zero-order chi connectivity index (χ0) is 18.9. The Hall–Kier alpha value is -1.52. The van der Waals surface area contributed by atoms with Crippen molar-refractivity contribution >= 4 is 11.6 Å². The molecule has 0 saturated heterocycles. The summed E-state index contributed by atoms with van der Waals surface area (Å²) in [6.45, 7) is 7.97. The minimum Gasteiger partial charge on any atom is -0.388 e. The van der Waals surface area contributed by atoms with Crippen LogP contribution in [0, 0.1) is 28.6 Å². The summed E-state index contributed by atoms with van der Waals surface area (Å²) in [5.41, 5.74) is 0.0198. The molecule has 0 radical (unpaired) electrons. The van der Waals surface area contributed by atoms with Crippen LogP contribution < -0.4 is 0 Å². The smallest absolute Gasteiger partial charge is 0.190 e. The van der Waals surface area contributed by atoms with Gasteiger partial charge in [-0.1, -0.05) is 37.6 Å². The molecule has 4 nitrogen and oxygen atoms in total. The molecule has 0 aromatic rings. The van der Waals surface area contributed by atoms with Gasteiger partial charge in [-0.3, -0.25) is 9.59 Å². The van der Waals surface area contributed by atoms with E-state index in [-0.39, 0.29) is 23.0 Å². The number of carbonyl (C=O) groups is 2. The molecule has 4 rings (SSSR count). The van der Waals surface area contributed by atoms with E-state index in [0.29, 0.717) is 18.8 Å². The SMILES string of the molecule is C=C1CC2(C)C(CCC2(O)C(=O)CO)C2CCC3=CC(=O)C=CC3(C)C12. The lowest BCUT2D eigenvalue weighted by Gasteiger charge is -2.58. The number of allylic oxidation sites excluding steroid dienone is 5. The molecule has 140 valence electrons. The second-order valence-electron chi connectivity index (χ2n) is 9.21. The molecule has 26 heavy (non-hydrogen) atoms. The lowest BCUT2D eigenvalue weighted by Crippen LogP contribution is -2.58. The topological polar surface area (TPSA) is 74.6 Å². The molecule has 0 bridgehead atoms. The zero-order valence-corrected chi connectivity index (χ0v) is 15.6. The molecule has 0 spiro atoms. The van der Waals surface area contributed by atoms with Gasteiger partial charge in [0.2, 0.25) is 0 Å². The molecule has 0 heterocycles. The van der Waals surface area contributed by atoms with E-state index in [4.69, 9.17) is 0 Å². The molecular weight excluding hydrogens is 328 g/mol. The van der Waals surface area contributed by atoms with Gasteiger partial charge in [0, 0.05) is 10.8 Å². The number of hydrogen-bond acceptors (Lipinski definition) is 4. The highest BCUT2D eigenvalue weighted by atomic mass is 16.3. The van der Waals surface area contributed by atoms with Gasteiger partial charge in [0.15, 0.2) is 11.6 Å². The van der Waals surface area contributed by atoms with E-state index >= 15 is 0 Å². The molecule has 0 amide bonds. The number of fused-ring (bicyclic) bond motifs is 5. The number of aliphatic hydroxyl groups is 2. The predicted molar refractivity (Wildman–Crippen MR) is 98.2 cm³/mol. The summed E-state index contributed by atoms with van der Waals surface area (Å²) in [5, 5.41) is 20.6. The van der Waals surface area contributed by atoms with E-state index in [2.05, 4.69) is 19.6 Å². The fourth-order valence-electron chi connectivity index (χ4n) is 6.89. The summed E-state index contributed by atoms with van der Waals surface area (Å²) in [6.07, 6.45) is 9.14. The Balaban J connectivity index is 1.76. The van der Waals surface area contributed by atoms with Crippen LogP contribution in [0.25, 0.3) is 0 Å². The molecule has 3 fully saturated rings. The third-order valence-electron chi connectivity index (χ3n) is 8.16. The van der Waals surface area contributed by atoms with E-state index < -0.39 is 23.4 Å². The van der Waals surface area contributed by atoms with Crippen LogP contribution in [-0.4, -0.2) is 34.0 Å². The number of carbonyl (C=O) groups excluding carboxylic acids is 2. The van der Waals surface area contributed by atoms with E-state index in [9.17, 15) is 19.8 Å². The Morgan fingerprint density at radius 3 is 2.77 bits per heavy atom. The van der Waals surface area contributed by atoms with Crippen molar-refractivity contribution in [2.75, 3.05) is 6.61 Å². The van der Waals surface area contributed by atoms with Gasteiger partial charge in [-0.05, 0) is 62.0 Å². The fraction of sp³-hybridized carbons (Fsp3) is 0.636. The van der Waals surface area contributed by atoms with Crippen molar-refractivity contribution in [1.29, 1.82) is 0 Å². The third kappa shape index (κ3) is 2.03. The first kappa shape index (κ1) is 17.9. The Morgan fingerprint density at radius 1 is 1.35 bits per heavy atom. The molecule has 2 N–H and O–H groups in total. The maximum absolute atomic E-state index is 12.4. The normalized spacial score (nSPS) is 47.1. The minimum absolute atomic E-state index is 0.0611. The van der Waals surface area contributed by atoms with E-state index in [1.54, 1.807) is 12.2 Å². The molecular formula is C22H28O4. The summed E-state index contributed by atoms with van der Waals surface area (Å²) in [6, 6.07) is 0. The van der Waals surface area contributed by atoms with Crippen LogP contribution in [0.15, 0.2) is 36.0 Å². The van der Waals surface area contributed by atoms with Crippen molar-refractivity contribution < 1.29 is 19.8 Å². The number of ketones is 2. The molecule has 0 aromatic heterocycles. The van der Waals surface area contributed by atoms with Crippen molar-refractivity contribution in [3.63, 3.8) is 0 Å². The molecule has 0 aliphatic heterocycles. The largest absolute Gasteiger partial charge is 0.388 e. The van der Waals surface area contributed by atoms with Gasteiger partial charge in [0.05, 0.1) is 0 Å². The third-order valence-corrected chi connectivity index (χ3v) is 8.16. The number of Topliss-reactive ketones (excluding diaryl/α,β-unsaturated/α-hetero) is 1. The lowest BCUT2D eigenvalue weighted by atomic mass is 9.46. The first-order valence-electron chi connectivity index (χ1n) is 9.66. The van der Waals surface area contributed by atoms with Crippen LogP contribution >= 0.6 is 0 Å². The predicted octanol–water partition coefficient (Wildman–Crippen LogP) is 2.75. The van der Waals surface area contributed by atoms with Gasteiger partial charge < -0.3 is 10.2 Å². The first-order valence-corrected chi connectivity index (χ1v) is 9.66. The van der Waals surface area contributed by atoms with Crippen LogP contribution in [0.4, 0.5) is 0 Å². The summed E-state index contributed by atoms with van der Waals surface area (Å²) in [5.74, 6) is 0.395. The van der Waals surface area contributed by atoms with E-state index in [1.807, 2.05) is 6.92 Å². The van der Waals surface area contributed by atoms with Crippen LogP contribution in [0.3, 0.4) is 0 Å². The van der Waals surface area contributed by atoms with Crippen molar-refractivity contribution in [1.82, 2.24) is 0 Å². The zero-order valence-electron chi connectivity index (χ0n) is 15.6. The molecule has 4 aliphatic carbocycles. The molecule has 3 saturated carbocycles. The van der Waals surface area contributed by atoms with Crippen molar-refractivity contribution in [3.8, 4) is 0 Å². The van der Waals surface area contributed by atoms with Crippen molar-refractivity contribution in [3.05, 3.63) is 36.0 Å². The molecule has 4 heteroatoms. The fourth-order valence-corrected chi connectivity index (χ4v) is 6.89. The van der Waals surface area contributed by atoms with Crippen LogP contribution in [-0.2, 0) is 9.59 Å². The second-order valence-corrected chi connectivity index (χ2v) is 9.21. The van der Waals surface area contributed by atoms with E-state index in [0.717, 1.165) is 24.8 Å². The molecule has 4 aliphatic rings. The average molecular weight is 356 g/mol. The highest BCUT2D eigenvalue weighted by molar-refractivity contribution is 6.01. The Labute approximate surface area is 154 Å². The summed E-state index contributed by atoms with van der Waals surface area (Å²) in [7, 11) is 0.